The fourth-order valence-corrected chi connectivity index (χ4v) is 1.60. The Morgan fingerprint density at radius 1 is 1.26 bits per heavy atom. The molecule has 0 aromatic carbocycles. The Hall–Kier alpha value is 1.36. The normalized spacial score (nSPS) is 15.2. The molecule has 1 saturated heterocycles. The summed E-state index contributed by atoms with van der Waals surface area (Å²) in [4.78, 5) is 10.8. The Morgan fingerprint density at radius 2 is 1.95 bits per heavy atom. The van der Waals surface area contributed by atoms with E-state index < -0.39 is 0 Å². The summed E-state index contributed by atoms with van der Waals surface area (Å²) < 4.78 is 11.0. The van der Waals surface area contributed by atoms with Crippen LogP contribution in [0.25, 0.3) is 5.32 Å². The number of nitrogens with zero attached hydrogens (tertiary/aromatic N) is 1. The number of carbonyl (C=O) groups excluding carboxylic acids is 1. The van der Waals surface area contributed by atoms with Crippen molar-refractivity contribution >= 4 is 5.91 Å². The molecule has 0 aliphatic carbocycles. The maximum Gasteiger partial charge on any atom is 1.00 e. The molecule has 108 valence electrons. The fourth-order valence-electron chi connectivity index (χ4n) is 1.60. The van der Waals surface area contributed by atoms with Gasteiger partial charge in [0.1, 0.15) is 0 Å². The van der Waals surface area contributed by atoms with Crippen molar-refractivity contribution < 1.29 is 83.2 Å². The van der Waals surface area contributed by atoms with Crippen LogP contribution >= 0.6 is 0 Å². The molecule has 0 radical (unpaired) electrons. The molecule has 0 unspecified atom stereocenters. The van der Waals surface area contributed by atoms with Crippen molar-refractivity contribution in [2.75, 3.05) is 46.0 Å². The van der Waals surface area contributed by atoms with Gasteiger partial charge in [-0.2, -0.15) is 0 Å². The fraction of sp³-hybridized carbons (Fsp3) is 0.833. The smallest absolute Gasteiger partial charge is 0.662 e. The molecule has 1 amide bonds. The first kappa shape index (κ1) is 22.6. The van der Waals surface area contributed by atoms with Gasteiger partial charge in [0.25, 0.3) is 0 Å². The summed E-state index contributed by atoms with van der Waals surface area (Å²) in [7, 11) is 0. The average Bonchev–Trinajstić information content (AvgIpc) is 2.38. The number of amides is 1. The number of hydrogen-bond donors (Lipinski definition) is 2. The van der Waals surface area contributed by atoms with E-state index in [1.54, 1.807) is 0 Å². The summed E-state index contributed by atoms with van der Waals surface area (Å²) in [5.41, 5.74) is 5.14. The molecular formula is C12H25CsN3O3-. The molecular weight excluding hydrogens is 367 g/mol. The minimum Gasteiger partial charge on any atom is -0.662 e. The zero-order valence-electron chi connectivity index (χ0n) is 12.2. The standard InChI is InChI=1S/C11H22N3O3.CH3.Cs/c12-9-11(15)14-5-6-16-7-8-17-10-1-3-13-4-2-10;;/h10H,1-9,12H2,(H,14,15);1H3;/q2*-1;+1. The quantitative estimate of drug-likeness (QED) is 0.343. The maximum absolute atomic E-state index is 10.8. The molecule has 1 rings (SSSR count). The van der Waals surface area contributed by atoms with E-state index in [0.29, 0.717) is 32.5 Å². The SMILES string of the molecule is NCC(=O)NCCOCCOC1CC[N-]CC1.[CH3-].[Cs+]. The molecule has 1 heterocycles. The monoisotopic (exact) mass is 392 g/mol. The van der Waals surface area contributed by atoms with E-state index in [0.717, 1.165) is 25.9 Å². The van der Waals surface area contributed by atoms with Crippen molar-refractivity contribution in [2.24, 2.45) is 5.73 Å². The molecule has 0 spiro atoms. The minimum absolute atomic E-state index is 0. The van der Waals surface area contributed by atoms with Gasteiger partial charge in [-0.05, 0) is 12.8 Å². The van der Waals surface area contributed by atoms with Gasteiger partial charge in [0.05, 0.1) is 32.5 Å². The Bertz CT molecular complexity index is 214. The summed E-state index contributed by atoms with van der Waals surface area (Å²) >= 11 is 0. The zero-order valence-corrected chi connectivity index (χ0v) is 18.5. The van der Waals surface area contributed by atoms with Gasteiger partial charge in [-0.15, -0.1) is 13.1 Å². The third kappa shape index (κ3) is 12.8. The molecule has 0 bridgehead atoms. The van der Waals surface area contributed by atoms with Crippen LogP contribution in [-0.2, 0) is 14.3 Å². The Labute approximate surface area is 175 Å². The van der Waals surface area contributed by atoms with Crippen LogP contribution in [0.2, 0.25) is 0 Å². The molecule has 0 atom stereocenters. The van der Waals surface area contributed by atoms with E-state index in [1.165, 1.54) is 0 Å². The number of hydrogen-bond acceptors (Lipinski definition) is 4. The Kier molecular flexibility index (Phi) is 18.8. The van der Waals surface area contributed by atoms with E-state index >= 15 is 0 Å². The Balaban J connectivity index is 0. The predicted molar refractivity (Wildman–Crippen MR) is 71.4 cm³/mol. The van der Waals surface area contributed by atoms with Gasteiger partial charge in [-0.1, -0.05) is 0 Å². The number of nitrogens with one attached hydrogen (secondary N) is 1. The van der Waals surface area contributed by atoms with Gasteiger partial charge in [0.15, 0.2) is 0 Å². The van der Waals surface area contributed by atoms with Crippen LogP contribution in [0.4, 0.5) is 0 Å². The summed E-state index contributed by atoms with van der Waals surface area (Å²) in [6.07, 6.45) is 2.38. The number of carbonyl (C=O) groups is 1. The molecule has 0 aromatic heterocycles. The van der Waals surface area contributed by atoms with E-state index in [9.17, 15) is 4.79 Å². The third-order valence-electron chi connectivity index (χ3n) is 2.55. The summed E-state index contributed by atoms with van der Waals surface area (Å²) in [6.45, 7) is 4.01. The van der Waals surface area contributed by atoms with Crippen LogP contribution in [0.15, 0.2) is 0 Å². The van der Waals surface area contributed by atoms with Crippen molar-refractivity contribution in [3.05, 3.63) is 12.7 Å². The van der Waals surface area contributed by atoms with Gasteiger partial charge < -0.3 is 33.3 Å². The second-order valence-corrected chi connectivity index (χ2v) is 3.91. The van der Waals surface area contributed by atoms with Crippen molar-refractivity contribution in [3.8, 4) is 0 Å². The van der Waals surface area contributed by atoms with Gasteiger partial charge in [-0.3, -0.25) is 4.79 Å². The van der Waals surface area contributed by atoms with Gasteiger partial charge >= 0.3 is 68.9 Å². The maximum atomic E-state index is 10.8. The first-order valence-corrected chi connectivity index (χ1v) is 6.12. The molecule has 7 heteroatoms. The van der Waals surface area contributed by atoms with Crippen molar-refractivity contribution in [1.29, 1.82) is 0 Å². The number of piperidine rings is 1. The molecule has 6 nitrogen and oxygen atoms in total. The van der Waals surface area contributed by atoms with Crippen LogP contribution in [0.3, 0.4) is 0 Å². The number of rotatable bonds is 8. The van der Waals surface area contributed by atoms with Gasteiger partial charge in [-0.25, -0.2) is 0 Å². The molecule has 1 aliphatic rings. The topological polar surface area (TPSA) is 87.7 Å². The van der Waals surface area contributed by atoms with Crippen molar-refractivity contribution in [1.82, 2.24) is 5.32 Å². The summed E-state index contributed by atoms with van der Waals surface area (Å²) in [5, 5.41) is 6.89. The third-order valence-corrected chi connectivity index (χ3v) is 2.55. The molecule has 0 saturated carbocycles. The van der Waals surface area contributed by atoms with Crippen LogP contribution in [-0.4, -0.2) is 58.0 Å². The second-order valence-electron chi connectivity index (χ2n) is 3.91. The van der Waals surface area contributed by atoms with Crippen LogP contribution in [0.1, 0.15) is 12.8 Å². The molecule has 0 aromatic rings. The summed E-state index contributed by atoms with van der Waals surface area (Å²) in [6, 6.07) is 0. The average molecular weight is 392 g/mol. The molecule has 3 N–H and O–H groups in total. The van der Waals surface area contributed by atoms with E-state index in [1.807, 2.05) is 0 Å². The molecule has 1 aliphatic heterocycles. The number of ether oxygens (including phenoxy) is 2. The van der Waals surface area contributed by atoms with E-state index in [-0.39, 0.29) is 88.8 Å². The number of nitrogens with two attached hydrogens (primary N) is 1. The molecule has 19 heavy (non-hydrogen) atoms. The second kappa shape index (κ2) is 15.7. The van der Waals surface area contributed by atoms with Gasteiger partial charge in [0, 0.05) is 6.54 Å². The van der Waals surface area contributed by atoms with E-state index in [2.05, 4.69) is 10.6 Å². The van der Waals surface area contributed by atoms with Gasteiger partial charge in [0.2, 0.25) is 5.91 Å². The van der Waals surface area contributed by atoms with Crippen molar-refractivity contribution in [2.45, 2.75) is 18.9 Å². The molecule has 1 fully saturated rings. The predicted octanol–water partition coefficient (Wildman–Crippen LogP) is -2.92. The Morgan fingerprint density at radius 3 is 2.58 bits per heavy atom. The first-order valence-electron chi connectivity index (χ1n) is 6.12. The van der Waals surface area contributed by atoms with Crippen LogP contribution < -0.4 is 79.9 Å². The largest absolute Gasteiger partial charge is 1.00 e. The summed E-state index contributed by atoms with van der Waals surface area (Å²) in [5.74, 6) is -0.157. The zero-order chi connectivity index (χ0) is 12.3. The van der Waals surface area contributed by atoms with Crippen LogP contribution in [0, 0.1) is 7.43 Å². The minimum atomic E-state index is -0.157. The van der Waals surface area contributed by atoms with E-state index in [4.69, 9.17) is 15.2 Å². The van der Waals surface area contributed by atoms with Crippen molar-refractivity contribution in [3.63, 3.8) is 0 Å². The first-order chi connectivity index (χ1) is 8.33. The van der Waals surface area contributed by atoms with Crippen LogP contribution in [0.5, 0.6) is 0 Å².